The molecule has 0 N–H and O–H groups in total. The minimum Gasteiger partial charge on any atom is -0.314 e. The first-order chi connectivity index (χ1) is 12.7. The highest BCUT2D eigenvalue weighted by Crippen LogP contribution is 2.60. The zero-order valence-electron chi connectivity index (χ0n) is 15.8. The van der Waals surface area contributed by atoms with Gasteiger partial charge >= 0.3 is 0 Å². The molecule has 0 spiro atoms. The summed E-state index contributed by atoms with van der Waals surface area (Å²) in [6, 6.07) is 0. The maximum Gasteiger partial charge on any atom is 0.139 e. The average molecular weight is 354 g/mol. The van der Waals surface area contributed by atoms with Gasteiger partial charge in [0.05, 0.1) is 0 Å². The lowest BCUT2D eigenvalue weighted by atomic mass is 9.49. The van der Waals surface area contributed by atoms with Gasteiger partial charge in [-0.25, -0.2) is 0 Å². The van der Waals surface area contributed by atoms with Crippen LogP contribution in [0.2, 0.25) is 0 Å². The summed E-state index contributed by atoms with van der Waals surface area (Å²) >= 11 is 0. The highest BCUT2D eigenvalue weighted by atomic mass is 16.1. The Morgan fingerprint density at radius 1 is 0.923 bits per heavy atom. The molecule has 5 saturated carbocycles. The fraction of sp³-hybridized carbons (Fsp3) is 0.773. The number of ketones is 1. The zero-order valence-corrected chi connectivity index (χ0v) is 15.8. The lowest BCUT2D eigenvalue weighted by Crippen LogP contribution is -2.50. The molecule has 5 fully saturated rings. The number of hydrogen-bond acceptors (Lipinski definition) is 3. The maximum atomic E-state index is 11.8. The van der Waals surface area contributed by atoms with Gasteiger partial charge in [0, 0.05) is 31.2 Å². The summed E-state index contributed by atoms with van der Waals surface area (Å²) in [5.74, 6) is 7.05. The SMILES string of the molecule is C=C.O=C1CC[C@H]2Cn3c(nnc3C34CC5CC(CC(C5)C3)C4)C[C@H]2C1. The molecule has 140 valence electrons. The quantitative estimate of drug-likeness (QED) is 0.715. The second-order valence-electron chi connectivity index (χ2n) is 9.75. The Morgan fingerprint density at radius 3 is 2.23 bits per heavy atom. The van der Waals surface area contributed by atoms with Crippen molar-refractivity contribution in [3.8, 4) is 0 Å². The van der Waals surface area contributed by atoms with Gasteiger partial charge in [-0.15, -0.1) is 23.4 Å². The molecular weight excluding hydrogens is 322 g/mol. The predicted molar refractivity (Wildman–Crippen MR) is 101 cm³/mol. The van der Waals surface area contributed by atoms with E-state index in [-0.39, 0.29) is 0 Å². The molecule has 0 saturated heterocycles. The second-order valence-corrected chi connectivity index (χ2v) is 9.75. The summed E-state index contributed by atoms with van der Waals surface area (Å²) in [5.41, 5.74) is 0.345. The van der Waals surface area contributed by atoms with Crippen molar-refractivity contribution in [2.45, 2.75) is 76.2 Å². The summed E-state index contributed by atoms with van der Waals surface area (Å²) < 4.78 is 2.52. The van der Waals surface area contributed by atoms with Gasteiger partial charge in [0.15, 0.2) is 0 Å². The molecule has 1 aliphatic heterocycles. The van der Waals surface area contributed by atoms with Gasteiger partial charge < -0.3 is 4.57 Å². The van der Waals surface area contributed by atoms with Crippen LogP contribution < -0.4 is 0 Å². The van der Waals surface area contributed by atoms with E-state index >= 15 is 0 Å². The molecule has 1 aromatic rings. The Labute approximate surface area is 156 Å². The minimum absolute atomic E-state index is 0.345. The molecular formula is C22H31N3O. The van der Waals surface area contributed by atoms with Gasteiger partial charge in [-0.05, 0) is 74.5 Å². The molecule has 1 aromatic heterocycles. The predicted octanol–water partition coefficient (Wildman–Crippen LogP) is 4.09. The van der Waals surface area contributed by atoms with Crippen LogP contribution in [0.4, 0.5) is 0 Å². The molecule has 6 aliphatic rings. The van der Waals surface area contributed by atoms with E-state index in [2.05, 4.69) is 22.8 Å². The van der Waals surface area contributed by atoms with E-state index in [1.807, 2.05) is 0 Å². The number of Topliss-reactive ketones (excluding diaryl/α,β-unsaturated/α-hetero) is 1. The molecule has 0 radical (unpaired) electrons. The highest BCUT2D eigenvalue weighted by Gasteiger charge is 2.54. The minimum atomic E-state index is 0.345. The van der Waals surface area contributed by atoms with Crippen molar-refractivity contribution < 1.29 is 4.79 Å². The van der Waals surface area contributed by atoms with Crippen LogP contribution in [0.3, 0.4) is 0 Å². The van der Waals surface area contributed by atoms with Crippen LogP contribution in [0.5, 0.6) is 0 Å². The van der Waals surface area contributed by atoms with E-state index in [9.17, 15) is 4.79 Å². The Hall–Kier alpha value is -1.45. The monoisotopic (exact) mass is 353 g/mol. The second kappa shape index (κ2) is 6.03. The number of fused-ring (bicyclic) bond motifs is 2. The lowest BCUT2D eigenvalue weighted by molar-refractivity contribution is -0.123. The number of hydrogen-bond donors (Lipinski definition) is 0. The highest BCUT2D eigenvalue weighted by molar-refractivity contribution is 5.79. The van der Waals surface area contributed by atoms with Crippen LogP contribution in [0.15, 0.2) is 13.2 Å². The average Bonchev–Trinajstić information content (AvgIpc) is 3.04. The van der Waals surface area contributed by atoms with E-state index in [1.54, 1.807) is 0 Å². The number of rotatable bonds is 1. The van der Waals surface area contributed by atoms with Crippen molar-refractivity contribution >= 4 is 5.78 Å². The van der Waals surface area contributed by atoms with Gasteiger partial charge in [-0.3, -0.25) is 4.79 Å². The van der Waals surface area contributed by atoms with Gasteiger partial charge in [-0.1, -0.05) is 0 Å². The van der Waals surface area contributed by atoms with E-state index in [1.165, 1.54) is 50.2 Å². The first-order valence-corrected chi connectivity index (χ1v) is 10.6. The van der Waals surface area contributed by atoms with Crippen molar-refractivity contribution in [3.63, 3.8) is 0 Å². The Balaban J connectivity index is 0.000000727. The van der Waals surface area contributed by atoms with Gasteiger partial charge in [0.2, 0.25) is 0 Å². The number of carbonyl (C=O) groups excluding carboxylic acids is 1. The molecule has 2 atom stereocenters. The summed E-state index contributed by atoms with van der Waals surface area (Å²) in [6.45, 7) is 7.08. The normalized spacial score (nSPS) is 42.6. The van der Waals surface area contributed by atoms with Crippen LogP contribution in [0, 0.1) is 29.6 Å². The smallest absolute Gasteiger partial charge is 0.139 e. The first kappa shape index (κ1) is 16.7. The van der Waals surface area contributed by atoms with Crippen molar-refractivity contribution in [2.75, 3.05) is 0 Å². The molecule has 0 aromatic carbocycles. The fourth-order valence-corrected chi connectivity index (χ4v) is 7.55. The third kappa shape index (κ3) is 2.44. The van der Waals surface area contributed by atoms with E-state index in [4.69, 9.17) is 5.10 Å². The Kier molecular flexibility index (Phi) is 3.88. The van der Waals surface area contributed by atoms with Crippen LogP contribution in [0.25, 0.3) is 0 Å². The van der Waals surface area contributed by atoms with E-state index in [0.29, 0.717) is 23.0 Å². The third-order valence-electron chi connectivity index (χ3n) is 8.15. The van der Waals surface area contributed by atoms with Crippen molar-refractivity contribution in [1.29, 1.82) is 0 Å². The van der Waals surface area contributed by atoms with Gasteiger partial charge in [0.1, 0.15) is 17.4 Å². The molecule has 4 heteroatoms. The molecule has 7 rings (SSSR count). The van der Waals surface area contributed by atoms with Crippen molar-refractivity contribution in [1.82, 2.24) is 14.8 Å². The molecule has 4 bridgehead atoms. The van der Waals surface area contributed by atoms with Crippen molar-refractivity contribution in [3.05, 3.63) is 24.8 Å². The first-order valence-electron chi connectivity index (χ1n) is 10.6. The van der Waals surface area contributed by atoms with E-state index < -0.39 is 0 Å². The van der Waals surface area contributed by atoms with Crippen LogP contribution in [-0.2, 0) is 23.2 Å². The molecule has 2 heterocycles. The Morgan fingerprint density at radius 2 is 1.58 bits per heavy atom. The summed E-state index contributed by atoms with van der Waals surface area (Å²) in [6.07, 6.45) is 12.2. The maximum absolute atomic E-state index is 11.8. The molecule has 5 aliphatic carbocycles. The standard InChI is InChI=1S/C20H27N3O.C2H4/c24-17-2-1-15-11-23-18(7-16(15)6-17)21-22-19(23)20-8-12-3-13(9-20)5-14(4-12)10-20;1-2/h12-16H,1-11H2;1-2H2/t12?,13?,14?,15-,16+,20?;/m0./s1. The Bertz CT molecular complexity index is 686. The van der Waals surface area contributed by atoms with Crippen molar-refractivity contribution in [2.24, 2.45) is 29.6 Å². The summed E-state index contributed by atoms with van der Waals surface area (Å²) in [7, 11) is 0. The van der Waals surface area contributed by atoms with E-state index in [0.717, 1.165) is 50.0 Å². The lowest BCUT2D eigenvalue weighted by Gasteiger charge is -2.56. The van der Waals surface area contributed by atoms with Crippen LogP contribution >= 0.6 is 0 Å². The topological polar surface area (TPSA) is 47.8 Å². The molecule has 4 nitrogen and oxygen atoms in total. The number of nitrogens with zero attached hydrogens (tertiary/aromatic N) is 3. The summed E-state index contributed by atoms with van der Waals surface area (Å²) in [5, 5.41) is 9.42. The molecule has 26 heavy (non-hydrogen) atoms. The number of carbonyl (C=O) groups is 1. The summed E-state index contributed by atoms with van der Waals surface area (Å²) in [4.78, 5) is 11.8. The van der Waals surface area contributed by atoms with Gasteiger partial charge in [-0.2, -0.15) is 0 Å². The zero-order chi connectivity index (χ0) is 17.9. The van der Waals surface area contributed by atoms with Crippen LogP contribution in [0.1, 0.15) is 69.4 Å². The number of aromatic nitrogens is 3. The van der Waals surface area contributed by atoms with Crippen LogP contribution in [-0.4, -0.2) is 20.5 Å². The fourth-order valence-electron chi connectivity index (χ4n) is 7.55. The molecule has 0 amide bonds. The molecule has 0 unspecified atom stereocenters. The largest absolute Gasteiger partial charge is 0.314 e. The van der Waals surface area contributed by atoms with Gasteiger partial charge in [0.25, 0.3) is 0 Å². The third-order valence-corrected chi connectivity index (χ3v) is 8.15.